The van der Waals surface area contributed by atoms with E-state index in [2.05, 4.69) is 20.3 Å². The third-order valence-corrected chi connectivity index (χ3v) is 11.4. The highest BCUT2D eigenvalue weighted by molar-refractivity contribution is 6.32. The highest BCUT2D eigenvalue weighted by atomic mass is 35.5. The fourth-order valence-electron chi connectivity index (χ4n) is 7.78. The molecule has 66 heavy (non-hydrogen) atoms. The van der Waals surface area contributed by atoms with E-state index in [-0.39, 0.29) is 44.2 Å². The van der Waals surface area contributed by atoms with Gasteiger partial charge in [0, 0.05) is 66.0 Å². The first-order chi connectivity index (χ1) is 31.6. The SMILES string of the molecule is CC(C)Oc1ccc(-c2nc(-c3ccc4c(c3)OCCN(CC(=O)OC(C)(C)CC(C(=O)O)N3CCOc5cc(-c6noc(-c7ccc(OC(C)C)c(Cl)c7)n6)ccc5C3)C4)no2)cc1Cl. The Bertz CT molecular complexity index is 2720. The van der Waals surface area contributed by atoms with E-state index in [0.717, 1.165) is 11.1 Å². The molecule has 0 spiro atoms. The van der Waals surface area contributed by atoms with Gasteiger partial charge in [0.05, 0.1) is 28.8 Å². The number of hydrogen-bond donors (Lipinski definition) is 1. The molecule has 6 aromatic rings. The van der Waals surface area contributed by atoms with Crippen molar-refractivity contribution in [1.82, 2.24) is 30.1 Å². The van der Waals surface area contributed by atoms with Gasteiger partial charge in [-0.1, -0.05) is 57.8 Å². The highest BCUT2D eigenvalue weighted by Crippen LogP contribution is 2.36. The standard InChI is InChI=1S/C48H50Cl2N6O10/c1-27(2)62-38-13-11-31(19-35(38)49)45-51-43(53-65-45)29-7-9-33-24-55(15-17-60-40(33)21-29)26-42(57)64-48(5,6)23-37(47(58)59)56-16-18-61-41-22-30(8-10-34(41)25-56)44-52-46(66-54-44)32-12-14-39(36(50)20-32)63-28(3)4/h7-14,19-22,27-28,37H,15-18,23-26H2,1-6H3,(H,58,59). The van der Waals surface area contributed by atoms with Gasteiger partial charge in [-0.25, -0.2) is 0 Å². The second-order valence-corrected chi connectivity index (χ2v) is 18.1. The molecule has 8 rings (SSSR count). The maximum atomic E-state index is 13.5. The Hall–Kier alpha value is -6.20. The Labute approximate surface area is 391 Å². The second-order valence-electron chi connectivity index (χ2n) is 17.3. The van der Waals surface area contributed by atoms with Gasteiger partial charge in [-0.2, -0.15) is 9.97 Å². The van der Waals surface area contributed by atoms with Crippen molar-refractivity contribution in [2.24, 2.45) is 0 Å². The van der Waals surface area contributed by atoms with Crippen LogP contribution in [0.1, 0.15) is 59.1 Å². The van der Waals surface area contributed by atoms with Crippen LogP contribution in [0.3, 0.4) is 0 Å². The van der Waals surface area contributed by atoms with Crippen molar-refractivity contribution in [3.8, 4) is 68.7 Å². The van der Waals surface area contributed by atoms with E-state index in [1.165, 1.54) is 0 Å². The van der Waals surface area contributed by atoms with Gasteiger partial charge >= 0.3 is 11.9 Å². The van der Waals surface area contributed by atoms with E-state index in [4.69, 9.17) is 55.9 Å². The zero-order chi connectivity index (χ0) is 46.7. The van der Waals surface area contributed by atoms with E-state index < -0.39 is 23.6 Å². The molecule has 1 atom stereocenters. The number of aliphatic carboxylic acids is 1. The van der Waals surface area contributed by atoms with Crippen LogP contribution < -0.4 is 18.9 Å². The summed E-state index contributed by atoms with van der Waals surface area (Å²) in [5.41, 5.74) is 3.20. The molecule has 0 amide bonds. The topological polar surface area (TPSA) is 185 Å². The summed E-state index contributed by atoms with van der Waals surface area (Å²) in [6.07, 6.45) is -0.0127. The molecule has 0 saturated heterocycles. The summed E-state index contributed by atoms with van der Waals surface area (Å²) < 4.78 is 40.8. The summed E-state index contributed by atoms with van der Waals surface area (Å²) in [5.74, 6) is 2.17. The Balaban J connectivity index is 0.869. The van der Waals surface area contributed by atoms with Gasteiger partial charge in [-0.3, -0.25) is 19.4 Å². The molecule has 0 saturated carbocycles. The van der Waals surface area contributed by atoms with Crippen molar-refractivity contribution < 1.29 is 47.4 Å². The lowest BCUT2D eigenvalue weighted by Gasteiger charge is -2.34. The van der Waals surface area contributed by atoms with Crippen LogP contribution in [0.5, 0.6) is 23.0 Å². The molecule has 16 nitrogen and oxygen atoms in total. The van der Waals surface area contributed by atoms with Gasteiger partial charge in [-0.05, 0) is 90.1 Å². The number of aromatic nitrogens is 4. The molecular weight excluding hydrogens is 891 g/mol. The Morgan fingerprint density at radius 3 is 1.71 bits per heavy atom. The molecule has 346 valence electrons. The van der Waals surface area contributed by atoms with Crippen LogP contribution in [0.4, 0.5) is 0 Å². The first-order valence-corrected chi connectivity index (χ1v) is 22.4. The lowest BCUT2D eigenvalue weighted by Crippen LogP contribution is -2.47. The number of carbonyl (C=O) groups is 2. The van der Waals surface area contributed by atoms with Gasteiger partial charge in [0.15, 0.2) is 0 Å². The third kappa shape index (κ3) is 11.1. The average molecular weight is 942 g/mol. The lowest BCUT2D eigenvalue weighted by atomic mass is 9.97. The molecule has 2 aromatic heterocycles. The van der Waals surface area contributed by atoms with Crippen molar-refractivity contribution in [3.63, 3.8) is 0 Å². The molecule has 18 heteroatoms. The summed E-state index contributed by atoms with van der Waals surface area (Å²) in [6, 6.07) is 20.8. The zero-order valence-corrected chi connectivity index (χ0v) is 38.9. The molecule has 1 N–H and O–H groups in total. The minimum atomic E-state index is -1.11. The summed E-state index contributed by atoms with van der Waals surface area (Å²) in [7, 11) is 0. The van der Waals surface area contributed by atoms with E-state index in [1.54, 1.807) is 44.2 Å². The summed E-state index contributed by atoms with van der Waals surface area (Å²) in [5, 5.41) is 19.7. The molecule has 0 fully saturated rings. The molecule has 2 aliphatic rings. The zero-order valence-electron chi connectivity index (χ0n) is 37.4. The molecular formula is C48H50Cl2N6O10. The average Bonchev–Trinajstić information content (AvgIpc) is 3.86. The summed E-state index contributed by atoms with van der Waals surface area (Å²) in [6.45, 7) is 13.2. The van der Waals surface area contributed by atoms with Crippen molar-refractivity contribution in [3.05, 3.63) is 94.0 Å². The van der Waals surface area contributed by atoms with Gasteiger partial charge < -0.3 is 37.8 Å². The van der Waals surface area contributed by atoms with E-state index in [1.807, 2.05) is 80.0 Å². The van der Waals surface area contributed by atoms with Crippen LogP contribution in [-0.2, 0) is 27.4 Å². The number of ether oxygens (including phenoxy) is 5. The number of nitrogens with zero attached hydrogens (tertiary/aromatic N) is 6. The fraction of sp³-hybridized carbons (Fsp3) is 0.375. The number of fused-ring (bicyclic) bond motifs is 2. The lowest BCUT2D eigenvalue weighted by molar-refractivity contribution is -0.163. The van der Waals surface area contributed by atoms with Crippen LogP contribution in [0, 0.1) is 0 Å². The Kier molecular flexibility index (Phi) is 13.8. The maximum Gasteiger partial charge on any atom is 0.321 e. The van der Waals surface area contributed by atoms with Gasteiger partial charge in [0.25, 0.3) is 11.8 Å². The van der Waals surface area contributed by atoms with Crippen LogP contribution in [-0.4, -0.2) is 104 Å². The number of carbonyl (C=O) groups excluding carboxylic acids is 1. The second kappa shape index (κ2) is 19.7. The largest absolute Gasteiger partial charge is 0.492 e. The minimum Gasteiger partial charge on any atom is -0.492 e. The smallest absolute Gasteiger partial charge is 0.321 e. The molecule has 1 unspecified atom stereocenters. The Morgan fingerprint density at radius 2 is 1.21 bits per heavy atom. The first-order valence-electron chi connectivity index (χ1n) is 21.6. The van der Waals surface area contributed by atoms with Crippen molar-refractivity contribution in [2.45, 2.75) is 84.9 Å². The van der Waals surface area contributed by atoms with Crippen molar-refractivity contribution >= 4 is 35.1 Å². The quantitative estimate of drug-likeness (QED) is 0.0960. The predicted molar refractivity (Wildman–Crippen MR) is 245 cm³/mol. The Morgan fingerprint density at radius 1 is 0.712 bits per heavy atom. The number of benzene rings is 4. The van der Waals surface area contributed by atoms with E-state index in [9.17, 15) is 14.7 Å². The van der Waals surface area contributed by atoms with Gasteiger partial charge in [0.2, 0.25) is 11.6 Å². The number of carboxylic acid groups (broad SMARTS) is 1. The number of esters is 1. The molecule has 4 heterocycles. The first kappa shape index (κ1) is 46.3. The number of halogens is 2. The molecule has 0 aliphatic carbocycles. The fourth-order valence-corrected chi connectivity index (χ4v) is 8.23. The molecule has 0 bridgehead atoms. The molecule has 2 aliphatic heterocycles. The monoisotopic (exact) mass is 940 g/mol. The van der Waals surface area contributed by atoms with Crippen LogP contribution >= 0.6 is 23.2 Å². The number of rotatable bonds is 15. The van der Waals surface area contributed by atoms with Crippen LogP contribution in [0.25, 0.3) is 45.7 Å². The minimum absolute atomic E-state index is 0.0219. The van der Waals surface area contributed by atoms with Crippen LogP contribution in [0.2, 0.25) is 10.0 Å². The molecule has 4 aromatic carbocycles. The van der Waals surface area contributed by atoms with Gasteiger partial charge in [-0.15, -0.1) is 0 Å². The summed E-state index contributed by atoms with van der Waals surface area (Å²) in [4.78, 5) is 39.2. The van der Waals surface area contributed by atoms with Crippen molar-refractivity contribution in [2.75, 3.05) is 32.8 Å². The highest BCUT2D eigenvalue weighted by Gasteiger charge is 2.36. The number of hydrogen-bond acceptors (Lipinski definition) is 15. The number of carboxylic acids is 1. The predicted octanol–water partition coefficient (Wildman–Crippen LogP) is 9.26. The van der Waals surface area contributed by atoms with Crippen molar-refractivity contribution in [1.29, 1.82) is 0 Å². The van der Waals surface area contributed by atoms with E-state index >= 15 is 0 Å². The summed E-state index contributed by atoms with van der Waals surface area (Å²) >= 11 is 12.9. The van der Waals surface area contributed by atoms with E-state index in [0.29, 0.717) is 99.1 Å². The third-order valence-electron chi connectivity index (χ3n) is 10.8. The maximum absolute atomic E-state index is 13.5. The van der Waals surface area contributed by atoms with Crippen LogP contribution in [0.15, 0.2) is 81.8 Å². The van der Waals surface area contributed by atoms with Gasteiger partial charge in [0.1, 0.15) is 47.9 Å². The normalized spacial score (nSPS) is 14.9. The molecule has 0 radical (unpaired) electrons.